The van der Waals surface area contributed by atoms with Gasteiger partial charge in [0.05, 0.1) is 11.1 Å². The van der Waals surface area contributed by atoms with Crippen LogP contribution in [0, 0.1) is 0 Å². The minimum absolute atomic E-state index is 0.672. The third kappa shape index (κ3) is 6.36. The van der Waals surface area contributed by atoms with Crippen LogP contribution in [0.1, 0.15) is 22.3 Å². The number of nitrogens with zero attached hydrogens (tertiary/aromatic N) is 1. The standard InChI is InChI=1S/C73H47N/c1-5-19-48(20-6-1)52-33-38-63-64-39-34-53(49-21-7-2-8-22-49)44-69(64)73(68(63)43-52)70-45-54(50-23-9-3-10-24-50)35-40-65(70)66-42-37-56(47-71(66)73)74(72-32-18-17-27-57(72)51-25-11-4-12-26-51)55-36-41-62-60-30-14-13-28-58(60)59-29-15-16-31-61(59)67(62)46-55/h1-47H. The lowest BCUT2D eigenvalue weighted by Gasteiger charge is -2.33. The van der Waals surface area contributed by atoms with E-state index in [1.165, 1.54) is 121 Å². The van der Waals surface area contributed by atoms with Crippen LogP contribution in [0.5, 0.6) is 0 Å². The van der Waals surface area contributed by atoms with E-state index < -0.39 is 5.41 Å². The van der Waals surface area contributed by atoms with E-state index in [4.69, 9.17) is 0 Å². The predicted molar refractivity (Wildman–Crippen MR) is 312 cm³/mol. The highest BCUT2D eigenvalue weighted by Gasteiger charge is 2.52. The lowest BCUT2D eigenvalue weighted by Crippen LogP contribution is -2.26. The predicted octanol–water partition coefficient (Wildman–Crippen LogP) is 19.6. The second kappa shape index (κ2) is 16.8. The molecule has 13 aromatic carbocycles. The molecule has 74 heavy (non-hydrogen) atoms. The first-order valence-electron chi connectivity index (χ1n) is 25.7. The average molecular weight is 938 g/mol. The second-order valence-corrected chi connectivity index (χ2v) is 19.9. The Hall–Kier alpha value is -9.56. The minimum Gasteiger partial charge on any atom is -0.310 e. The topological polar surface area (TPSA) is 3.24 Å². The van der Waals surface area contributed by atoms with Gasteiger partial charge in [0.25, 0.3) is 0 Å². The van der Waals surface area contributed by atoms with Crippen LogP contribution in [0.3, 0.4) is 0 Å². The highest BCUT2D eigenvalue weighted by Crippen LogP contribution is 2.65. The zero-order valence-electron chi connectivity index (χ0n) is 40.6. The normalized spacial score (nSPS) is 12.7. The molecule has 0 radical (unpaired) electrons. The van der Waals surface area contributed by atoms with Crippen molar-refractivity contribution >= 4 is 49.4 Å². The summed E-state index contributed by atoms with van der Waals surface area (Å²) in [4.78, 5) is 2.52. The summed E-state index contributed by atoms with van der Waals surface area (Å²) in [5.74, 6) is 0. The summed E-state index contributed by atoms with van der Waals surface area (Å²) in [7, 11) is 0. The first-order valence-corrected chi connectivity index (χ1v) is 25.7. The molecule has 13 aromatic rings. The Balaban J connectivity index is 1.05. The average Bonchev–Trinajstić information content (AvgIpc) is 4.07. The van der Waals surface area contributed by atoms with E-state index in [1.54, 1.807) is 0 Å². The van der Waals surface area contributed by atoms with Crippen molar-refractivity contribution in [3.63, 3.8) is 0 Å². The highest BCUT2D eigenvalue weighted by molar-refractivity contribution is 6.26. The largest absolute Gasteiger partial charge is 0.310 e. The van der Waals surface area contributed by atoms with Gasteiger partial charge in [-0.2, -0.15) is 0 Å². The molecule has 1 spiro atoms. The van der Waals surface area contributed by atoms with E-state index in [1.807, 2.05) is 0 Å². The van der Waals surface area contributed by atoms with Crippen molar-refractivity contribution in [1.29, 1.82) is 0 Å². The fraction of sp³-hybridized carbons (Fsp3) is 0.0137. The lowest BCUT2D eigenvalue weighted by atomic mass is 9.69. The Morgan fingerprint density at radius 2 is 0.541 bits per heavy atom. The summed E-state index contributed by atoms with van der Waals surface area (Å²) in [5.41, 5.74) is 22.5. The minimum atomic E-state index is -0.672. The zero-order valence-corrected chi connectivity index (χ0v) is 40.6. The monoisotopic (exact) mass is 937 g/mol. The van der Waals surface area contributed by atoms with Gasteiger partial charge < -0.3 is 4.90 Å². The van der Waals surface area contributed by atoms with E-state index in [0.29, 0.717) is 0 Å². The van der Waals surface area contributed by atoms with Gasteiger partial charge in [-0.05, 0) is 164 Å². The summed E-state index contributed by atoms with van der Waals surface area (Å²) in [6.45, 7) is 0. The van der Waals surface area contributed by atoms with Gasteiger partial charge >= 0.3 is 0 Å². The molecule has 0 bridgehead atoms. The molecule has 1 heteroatoms. The molecule has 0 unspecified atom stereocenters. The molecule has 0 fully saturated rings. The van der Waals surface area contributed by atoms with E-state index in [0.717, 1.165) is 17.1 Å². The maximum atomic E-state index is 2.55. The molecule has 2 aliphatic carbocycles. The molecule has 1 nitrogen and oxygen atoms in total. The Labute approximate surface area is 431 Å². The first kappa shape index (κ1) is 42.2. The van der Waals surface area contributed by atoms with Crippen molar-refractivity contribution in [1.82, 2.24) is 0 Å². The van der Waals surface area contributed by atoms with Gasteiger partial charge in [-0.25, -0.2) is 0 Å². The van der Waals surface area contributed by atoms with Crippen LogP contribution in [-0.4, -0.2) is 0 Å². The van der Waals surface area contributed by atoms with Crippen LogP contribution in [0.25, 0.3) is 99.1 Å². The van der Waals surface area contributed by atoms with Crippen molar-refractivity contribution in [2.24, 2.45) is 0 Å². The van der Waals surface area contributed by atoms with Gasteiger partial charge in [0.1, 0.15) is 0 Å². The molecule has 0 saturated carbocycles. The number of anilines is 3. The van der Waals surface area contributed by atoms with Gasteiger partial charge in [-0.1, -0.05) is 237 Å². The fourth-order valence-electron chi connectivity index (χ4n) is 12.8. The van der Waals surface area contributed by atoms with Crippen molar-refractivity contribution in [2.45, 2.75) is 5.41 Å². The molecule has 0 aliphatic heterocycles. The summed E-state index contributed by atoms with van der Waals surface area (Å²) in [6, 6.07) is 106. The molecular weight excluding hydrogens is 891 g/mol. The number of para-hydroxylation sites is 1. The number of fused-ring (bicyclic) bond motifs is 16. The Bertz CT molecular complexity index is 4150. The Morgan fingerprint density at radius 1 is 0.203 bits per heavy atom. The number of hydrogen-bond donors (Lipinski definition) is 0. The van der Waals surface area contributed by atoms with Crippen molar-refractivity contribution in [3.05, 3.63) is 307 Å². The van der Waals surface area contributed by atoms with E-state index in [9.17, 15) is 0 Å². The SMILES string of the molecule is c1ccc(-c2ccc3c(c2)C2(c4cc(-c5ccccc5)ccc4-3)c3cc(-c4ccccc4)ccc3-c3ccc(N(c4ccc5c6ccccc6c6ccccc6c5c4)c4ccccc4-c4ccccc4)cc32)cc1. The Kier molecular flexibility index (Phi) is 9.55. The maximum absolute atomic E-state index is 2.55. The Morgan fingerprint density at radius 3 is 1.01 bits per heavy atom. The fourth-order valence-corrected chi connectivity index (χ4v) is 12.8. The molecule has 0 aromatic heterocycles. The van der Waals surface area contributed by atoms with E-state index in [-0.39, 0.29) is 0 Å². The lowest BCUT2D eigenvalue weighted by molar-refractivity contribution is 0.794. The van der Waals surface area contributed by atoms with Gasteiger partial charge in [0.2, 0.25) is 0 Å². The van der Waals surface area contributed by atoms with Crippen LogP contribution < -0.4 is 4.90 Å². The number of hydrogen-bond acceptors (Lipinski definition) is 1. The van der Waals surface area contributed by atoms with Gasteiger partial charge in [0.15, 0.2) is 0 Å². The third-order valence-electron chi connectivity index (χ3n) is 16.1. The molecule has 0 heterocycles. The molecule has 344 valence electrons. The maximum Gasteiger partial charge on any atom is 0.0726 e. The molecular formula is C73H47N. The summed E-state index contributed by atoms with van der Waals surface area (Å²) in [5, 5.41) is 7.53. The highest BCUT2D eigenvalue weighted by atomic mass is 15.1. The third-order valence-corrected chi connectivity index (χ3v) is 16.1. The van der Waals surface area contributed by atoms with Crippen LogP contribution in [0.15, 0.2) is 285 Å². The van der Waals surface area contributed by atoms with E-state index in [2.05, 4.69) is 290 Å². The van der Waals surface area contributed by atoms with Crippen LogP contribution in [0.2, 0.25) is 0 Å². The molecule has 0 amide bonds. The quantitative estimate of drug-likeness (QED) is 0.144. The van der Waals surface area contributed by atoms with Gasteiger partial charge in [-0.3, -0.25) is 0 Å². The zero-order chi connectivity index (χ0) is 48.7. The van der Waals surface area contributed by atoms with Gasteiger partial charge in [-0.15, -0.1) is 0 Å². The molecule has 0 saturated heterocycles. The summed E-state index contributed by atoms with van der Waals surface area (Å²) in [6.07, 6.45) is 0. The van der Waals surface area contributed by atoms with Crippen LogP contribution in [0.4, 0.5) is 17.1 Å². The molecule has 0 N–H and O–H groups in total. The van der Waals surface area contributed by atoms with Gasteiger partial charge in [0, 0.05) is 16.9 Å². The van der Waals surface area contributed by atoms with Crippen molar-refractivity contribution in [2.75, 3.05) is 4.90 Å². The molecule has 2 aliphatic rings. The number of benzene rings is 13. The molecule has 15 rings (SSSR count). The first-order chi connectivity index (χ1) is 36.7. The summed E-state index contributed by atoms with van der Waals surface area (Å²) < 4.78 is 0. The molecule has 0 atom stereocenters. The second-order valence-electron chi connectivity index (χ2n) is 19.9. The van der Waals surface area contributed by atoms with Crippen LogP contribution >= 0.6 is 0 Å². The van der Waals surface area contributed by atoms with Crippen molar-refractivity contribution < 1.29 is 0 Å². The summed E-state index contributed by atoms with van der Waals surface area (Å²) >= 11 is 0. The smallest absolute Gasteiger partial charge is 0.0726 e. The van der Waals surface area contributed by atoms with E-state index >= 15 is 0 Å². The van der Waals surface area contributed by atoms with Crippen molar-refractivity contribution in [3.8, 4) is 66.8 Å². The van der Waals surface area contributed by atoms with Crippen LogP contribution in [-0.2, 0) is 5.41 Å². The number of rotatable bonds is 7.